The molecule has 0 spiro atoms. The number of aryl methyl sites for hydroxylation is 1. The van der Waals surface area contributed by atoms with E-state index in [1.807, 2.05) is 30.3 Å². The van der Waals surface area contributed by atoms with Crippen LogP contribution >= 0.6 is 0 Å². The maximum absolute atomic E-state index is 9.15. The molecule has 1 heterocycles. The molecule has 1 N–H and O–H groups in total. The van der Waals surface area contributed by atoms with Gasteiger partial charge in [0.25, 0.3) is 0 Å². The van der Waals surface area contributed by atoms with Crippen LogP contribution < -0.4 is 4.65 Å². The van der Waals surface area contributed by atoms with Gasteiger partial charge in [-0.3, -0.25) is 0 Å². The van der Waals surface area contributed by atoms with Crippen LogP contribution in [-0.2, 0) is 0 Å². The maximum atomic E-state index is 9.15. The van der Waals surface area contributed by atoms with Gasteiger partial charge >= 0.3 is 7.69 Å². The van der Waals surface area contributed by atoms with Crippen LogP contribution in [0, 0.1) is 6.92 Å². The molecule has 4 heteroatoms. The number of benzene rings is 4. The van der Waals surface area contributed by atoms with Gasteiger partial charge in [-0.25, -0.2) is 0 Å². The Balaban J connectivity index is 1.86. The predicted octanol–water partition coefficient (Wildman–Crippen LogP) is 5.62. The molecular formula is C23H16BO3. The maximum Gasteiger partial charge on any atom is 0.569 e. The minimum absolute atomic E-state index is 0.499. The lowest BCUT2D eigenvalue weighted by Gasteiger charge is -2.06. The molecule has 4 aromatic carbocycles. The van der Waals surface area contributed by atoms with E-state index in [2.05, 4.69) is 49.4 Å². The summed E-state index contributed by atoms with van der Waals surface area (Å²) in [5.74, 6) is 0.499. The first-order valence-corrected chi connectivity index (χ1v) is 8.82. The van der Waals surface area contributed by atoms with E-state index < -0.39 is 0 Å². The van der Waals surface area contributed by atoms with Crippen LogP contribution in [0.3, 0.4) is 0 Å². The normalized spacial score (nSPS) is 11.3. The third-order valence-electron chi connectivity index (χ3n) is 4.99. The quantitative estimate of drug-likeness (QED) is 0.429. The number of hydrogen-bond donors (Lipinski definition) is 1. The molecular weight excluding hydrogens is 335 g/mol. The average molecular weight is 351 g/mol. The summed E-state index contributed by atoms with van der Waals surface area (Å²) in [6.45, 7) is 2.09. The van der Waals surface area contributed by atoms with Crippen molar-refractivity contribution in [1.29, 1.82) is 0 Å². The standard InChI is InChI=1S/C23H16BO3/c1-14-6-8-15(9-7-14)16-10-11-20-19(12-16)22-18-5-3-2-4-17(18)13-21(27-24-25)23(22)26-20/h2-13,25H,1H3. The van der Waals surface area contributed by atoms with Crippen LogP contribution in [0.2, 0.25) is 0 Å². The Morgan fingerprint density at radius 3 is 2.44 bits per heavy atom. The van der Waals surface area contributed by atoms with Crippen molar-refractivity contribution in [1.82, 2.24) is 0 Å². The van der Waals surface area contributed by atoms with Crippen LogP contribution in [0.15, 0.2) is 77.2 Å². The Bertz CT molecular complexity index is 1290. The molecule has 0 aliphatic carbocycles. The summed E-state index contributed by atoms with van der Waals surface area (Å²) in [7, 11) is 0.689. The number of fused-ring (bicyclic) bond motifs is 5. The molecule has 0 atom stereocenters. The second-order valence-electron chi connectivity index (χ2n) is 6.70. The summed E-state index contributed by atoms with van der Waals surface area (Å²) in [5.41, 5.74) is 4.96. The summed E-state index contributed by atoms with van der Waals surface area (Å²) < 4.78 is 11.4. The second-order valence-corrected chi connectivity index (χ2v) is 6.70. The van der Waals surface area contributed by atoms with Gasteiger partial charge in [-0.2, -0.15) is 0 Å². The van der Waals surface area contributed by atoms with Crippen LogP contribution in [0.4, 0.5) is 0 Å². The van der Waals surface area contributed by atoms with E-state index >= 15 is 0 Å². The van der Waals surface area contributed by atoms with Gasteiger partial charge in [0.1, 0.15) is 11.3 Å². The van der Waals surface area contributed by atoms with Crippen molar-refractivity contribution in [3.05, 3.63) is 78.4 Å². The fraction of sp³-hybridized carbons (Fsp3) is 0.0435. The van der Waals surface area contributed by atoms with Gasteiger partial charge in [-0.15, -0.1) is 0 Å². The molecule has 0 saturated heterocycles. The van der Waals surface area contributed by atoms with E-state index in [0.717, 1.165) is 38.3 Å². The molecule has 0 aliphatic rings. The highest BCUT2D eigenvalue weighted by atomic mass is 16.5. The zero-order chi connectivity index (χ0) is 18.4. The molecule has 0 bridgehead atoms. The molecule has 5 rings (SSSR count). The van der Waals surface area contributed by atoms with Gasteiger partial charge in [0.15, 0.2) is 5.58 Å². The Morgan fingerprint density at radius 2 is 1.63 bits per heavy atom. The SMILES string of the molecule is Cc1ccc(-c2ccc3oc4c(O[B]O)cc5ccccc5c4c3c2)cc1. The van der Waals surface area contributed by atoms with Crippen molar-refractivity contribution in [2.45, 2.75) is 6.92 Å². The van der Waals surface area contributed by atoms with Gasteiger partial charge in [-0.1, -0.05) is 60.2 Å². The Hall–Kier alpha value is -3.24. The molecule has 0 fully saturated rings. The van der Waals surface area contributed by atoms with Crippen molar-refractivity contribution >= 4 is 40.4 Å². The molecule has 0 amide bonds. The predicted molar refractivity (Wildman–Crippen MR) is 110 cm³/mol. The highest BCUT2D eigenvalue weighted by Crippen LogP contribution is 2.41. The number of furan rings is 1. The first kappa shape index (κ1) is 16.0. The third kappa shape index (κ3) is 2.57. The number of hydrogen-bond acceptors (Lipinski definition) is 3. The van der Waals surface area contributed by atoms with Gasteiger partial charge < -0.3 is 14.1 Å². The van der Waals surface area contributed by atoms with Gasteiger partial charge in [0.05, 0.1) is 0 Å². The first-order chi connectivity index (χ1) is 13.2. The smallest absolute Gasteiger partial charge is 0.535 e. The zero-order valence-corrected chi connectivity index (χ0v) is 14.8. The topological polar surface area (TPSA) is 42.6 Å². The molecule has 1 aromatic heterocycles. The van der Waals surface area contributed by atoms with E-state index in [-0.39, 0.29) is 0 Å². The van der Waals surface area contributed by atoms with E-state index in [1.54, 1.807) is 0 Å². The van der Waals surface area contributed by atoms with Crippen LogP contribution in [0.1, 0.15) is 5.56 Å². The summed E-state index contributed by atoms with van der Waals surface area (Å²) in [6, 6.07) is 24.7. The minimum atomic E-state index is 0.499. The average Bonchev–Trinajstić information content (AvgIpc) is 3.08. The molecule has 0 saturated carbocycles. The van der Waals surface area contributed by atoms with Crippen LogP contribution in [-0.4, -0.2) is 12.7 Å². The molecule has 0 aliphatic heterocycles. The number of rotatable bonds is 3. The Morgan fingerprint density at radius 1 is 0.852 bits per heavy atom. The lowest BCUT2D eigenvalue weighted by Crippen LogP contribution is -1.99. The molecule has 1 radical (unpaired) electrons. The van der Waals surface area contributed by atoms with E-state index in [1.165, 1.54) is 5.56 Å². The Kier molecular flexibility index (Phi) is 3.66. The fourth-order valence-electron chi connectivity index (χ4n) is 3.67. The molecule has 3 nitrogen and oxygen atoms in total. The molecule has 27 heavy (non-hydrogen) atoms. The van der Waals surface area contributed by atoms with Gasteiger partial charge in [0.2, 0.25) is 0 Å². The van der Waals surface area contributed by atoms with Crippen molar-refractivity contribution in [3.63, 3.8) is 0 Å². The van der Waals surface area contributed by atoms with Gasteiger partial charge in [0, 0.05) is 10.8 Å². The molecule has 5 aromatic rings. The Labute approximate surface area is 157 Å². The van der Waals surface area contributed by atoms with Gasteiger partial charge in [-0.05, 0) is 47.0 Å². The highest BCUT2D eigenvalue weighted by molar-refractivity contribution is 6.23. The van der Waals surface area contributed by atoms with Crippen molar-refractivity contribution in [3.8, 4) is 16.9 Å². The first-order valence-electron chi connectivity index (χ1n) is 8.82. The second kappa shape index (κ2) is 6.18. The van der Waals surface area contributed by atoms with Crippen molar-refractivity contribution in [2.75, 3.05) is 0 Å². The fourth-order valence-corrected chi connectivity index (χ4v) is 3.67. The highest BCUT2D eigenvalue weighted by Gasteiger charge is 2.16. The summed E-state index contributed by atoms with van der Waals surface area (Å²) >= 11 is 0. The third-order valence-corrected chi connectivity index (χ3v) is 4.99. The molecule has 0 unspecified atom stereocenters. The molecule has 129 valence electrons. The van der Waals surface area contributed by atoms with E-state index in [9.17, 15) is 0 Å². The largest absolute Gasteiger partial charge is 0.569 e. The van der Waals surface area contributed by atoms with Crippen molar-refractivity contribution < 1.29 is 14.1 Å². The summed E-state index contributed by atoms with van der Waals surface area (Å²) in [4.78, 5) is 0. The lowest BCUT2D eigenvalue weighted by atomic mass is 9.99. The summed E-state index contributed by atoms with van der Waals surface area (Å²) in [5, 5.41) is 13.3. The lowest BCUT2D eigenvalue weighted by molar-refractivity contribution is 0.451. The van der Waals surface area contributed by atoms with Crippen LogP contribution in [0.25, 0.3) is 43.8 Å². The monoisotopic (exact) mass is 351 g/mol. The van der Waals surface area contributed by atoms with E-state index in [4.69, 9.17) is 14.1 Å². The minimum Gasteiger partial charge on any atom is -0.535 e. The van der Waals surface area contributed by atoms with Crippen molar-refractivity contribution in [2.24, 2.45) is 0 Å². The van der Waals surface area contributed by atoms with E-state index in [0.29, 0.717) is 19.0 Å². The zero-order valence-electron chi connectivity index (χ0n) is 14.8. The van der Waals surface area contributed by atoms with Crippen LogP contribution in [0.5, 0.6) is 5.75 Å². The summed E-state index contributed by atoms with van der Waals surface area (Å²) in [6.07, 6.45) is 0.